The van der Waals surface area contributed by atoms with Crippen LogP contribution >= 0.6 is 0 Å². The summed E-state index contributed by atoms with van der Waals surface area (Å²) in [7, 11) is 0. The Morgan fingerprint density at radius 3 is 0.750 bits per heavy atom. The van der Waals surface area contributed by atoms with Crippen molar-refractivity contribution in [2.24, 2.45) is 0 Å². The van der Waals surface area contributed by atoms with Gasteiger partial charge in [0.1, 0.15) is 0 Å². The van der Waals surface area contributed by atoms with Gasteiger partial charge in [0.05, 0.1) is 0 Å². The van der Waals surface area contributed by atoms with Gasteiger partial charge >= 0.3 is 36.2 Å². The molecule has 2 nitrogen and oxygen atoms in total. The van der Waals surface area contributed by atoms with Gasteiger partial charge in [-0.3, -0.25) is 0 Å². The summed E-state index contributed by atoms with van der Waals surface area (Å²) >= 11 is 0. The SMILES string of the molecule is CC(C)(C)[O-].CC(C)(C)[O-].[Al+3].[H-].[H-].[Li+]. The molecule has 0 saturated heterocycles. The molecule has 0 aliphatic rings. The molecule has 0 atom stereocenters. The first-order valence-electron chi connectivity index (χ1n) is 3.41. The topological polar surface area (TPSA) is 46.1 Å². The zero-order chi connectivity index (χ0) is 9.00. The fourth-order valence-electron chi connectivity index (χ4n) is 0. The largest absolute Gasteiger partial charge is 3.00 e. The zero-order valence-corrected chi connectivity index (χ0v) is 10.5. The van der Waals surface area contributed by atoms with Crippen molar-refractivity contribution in [1.82, 2.24) is 0 Å². The van der Waals surface area contributed by atoms with E-state index in [1.165, 1.54) is 0 Å². The molecule has 0 saturated carbocycles. The van der Waals surface area contributed by atoms with E-state index < -0.39 is 11.2 Å². The maximum absolute atomic E-state index is 10.1. The van der Waals surface area contributed by atoms with Crippen LogP contribution in [0.2, 0.25) is 0 Å². The van der Waals surface area contributed by atoms with Crippen LogP contribution in [0.15, 0.2) is 0 Å². The van der Waals surface area contributed by atoms with Crippen molar-refractivity contribution in [2.45, 2.75) is 52.7 Å². The maximum Gasteiger partial charge on any atom is 3.00 e. The molecule has 0 aromatic rings. The molecule has 0 unspecified atom stereocenters. The van der Waals surface area contributed by atoms with E-state index in [0.29, 0.717) is 0 Å². The smallest absolute Gasteiger partial charge is 1.00 e. The third kappa shape index (κ3) is 1010. The zero-order valence-electron chi connectivity index (χ0n) is 11.4. The van der Waals surface area contributed by atoms with E-state index in [2.05, 4.69) is 0 Å². The second-order valence-electron chi connectivity index (χ2n) is 4.22. The Labute approximate surface area is 102 Å². The van der Waals surface area contributed by atoms with Crippen LogP contribution in [-0.4, -0.2) is 28.6 Å². The second-order valence-corrected chi connectivity index (χ2v) is 4.22. The van der Waals surface area contributed by atoms with E-state index in [0.717, 1.165) is 0 Å². The molecule has 0 aromatic heterocycles. The Morgan fingerprint density at radius 1 is 0.750 bits per heavy atom. The Balaban J connectivity index is -0.0000000178. The van der Waals surface area contributed by atoms with Gasteiger partial charge in [-0.25, -0.2) is 0 Å². The van der Waals surface area contributed by atoms with Gasteiger partial charge in [-0.05, 0) is 0 Å². The van der Waals surface area contributed by atoms with Crippen molar-refractivity contribution >= 4 is 17.4 Å². The predicted molar refractivity (Wildman–Crippen MR) is 47.5 cm³/mol. The Kier molecular flexibility index (Phi) is 16.7. The summed E-state index contributed by atoms with van der Waals surface area (Å²) in [5.41, 5.74) is -1.50. The van der Waals surface area contributed by atoms with Crippen LogP contribution in [0.3, 0.4) is 0 Å². The average molecular weight is 182 g/mol. The summed E-state index contributed by atoms with van der Waals surface area (Å²) in [6, 6.07) is 0. The standard InChI is InChI=1S/2C4H9O.Al.Li.2H/c2*1-4(2,3)5;;;;/h2*1-3H3;;;;/q2*-1;+3;+1;2*-1. The van der Waals surface area contributed by atoms with Crippen LogP contribution in [0, 0.1) is 0 Å². The van der Waals surface area contributed by atoms with Crippen LogP contribution in [-0.2, 0) is 0 Å². The van der Waals surface area contributed by atoms with Gasteiger partial charge in [0.25, 0.3) is 0 Å². The molecule has 0 fully saturated rings. The summed E-state index contributed by atoms with van der Waals surface area (Å²) < 4.78 is 0. The summed E-state index contributed by atoms with van der Waals surface area (Å²) in [5, 5.41) is 20.2. The molecule has 0 heterocycles. The summed E-state index contributed by atoms with van der Waals surface area (Å²) in [6.07, 6.45) is 0. The van der Waals surface area contributed by atoms with E-state index in [-0.39, 0.29) is 39.1 Å². The molecule has 0 N–H and O–H groups in total. The van der Waals surface area contributed by atoms with Gasteiger partial charge < -0.3 is 13.1 Å². The van der Waals surface area contributed by atoms with Gasteiger partial charge in [-0.1, -0.05) is 41.5 Å². The summed E-state index contributed by atoms with van der Waals surface area (Å²) in [4.78, 5) is 0. The van der Waals surface area contributed by atoms with E-state index >= 15 is 0 Å². The molecule has 0 spiro atoms. The van der Waals surface area contributed by atoms with Gasteiger partial charge in [0.15, 0.2) is 0 Å². The van der Waals surface area contributed by atoms with Crippen molar-refractivity contribution in [2.75, 3.05) is 0 Å². The molecule has 12 heavy (non-hydrogen) atoms. The predicted octanol–water partition coefficient (Wildman–Crippen LogP) is -2.86. The van der Waals surface area contributed by atoms with Gasteiger partial charge in [0.2, 0.25) is 0 Å². The first-order valence-corrected chi connectivity index (χ1v) is 3.41. The monoisotopic (exact) mass is 182 g/mol. The molecule has 0 aromatic carbocycles. The Hall–Kier alpha value is 1.05. The van der Waals surface area contributed by atoms with Crippen LogP contribution < -0.4 is 29.1 Å². The number of hydrogen-bond acceptors (Lipinski definition) is 2. The molecule has 4 heteroatoms. The minimum atomic E-state index is -0.750. The van der Waals surface area contributed by atoms with Crippen LogP contribution in [0.5, 0.6) is 0 Å². The molecule has 0 amide bonds. The molecule has 0 rings (SSSR count). The molecule has 0 aliphatic carbocycles. The second kappa shape index (κ2) is 8.64. The minimum Gasteiger partial charge on any atom is -1.00 e. The van der Waals surface area contributed by atoms with Crippen molar-refractivity contribution in [3.05, 3.63) is 0 Å². The summed E-state index contributed by atoms with van der Waals surface area (Å²) in [6.45, 7) is 9.79. The van der Waals surface area contributed by atoms with Crippen LogP contribution in [0.1, 0.15) is 44.4 Å². The Morgan fingerprint density at radius 2 is 0.750 bits per heavy atom. The van der Waals surface area contributed by atoms with Crippen molar-refractivity contribution in [3.8, 4) is 0 Å². The third-order valence-corrected chi connectivity index (χ3v) is 0. The van der Waals surface area contributed by atoms with E-state index in [9.17, 15) is 10.2 Å². The summed E-state index contributed by atoms with van der Waals surface area (Å²) in [5.74, 6) is 0. The minimum absolute atomic E-state index is 0. The third-order valence-electron chi connectivity index (χ3n) is 0. The van der Waals surface area contributed by atoms with E-state index in [1.54, 1.807) is 41.5 Å². The molecular weight excluding hydrogens is 162 g/mol. The van der Waals surface area contributed by atoms with Gasteiger partial charge in [-0.15, -0.1) is 11.2 Å². The van der Waals surface area contributed by atoms with Crippen LogP contribution in [0.25, 0.3) is 0 Å². The van der Waals surface area contributed by atoms with Crippen LogP contribution in [0.4, 0.5) is 0 Å². The fourth-order valence-corrected chi connectivity index (χ4v) is 0. The molecule has 0 radical (unpaired) electrons. The quantitative estimate of drug-likeness (QED) is 0.378. The first kappa shape index (κ1) is 23.1. The van der Waals surface area contributed by atoms with E-state index in [1.807, 2.05) is 0 Å². The number of hydrogen-bond donors (Lipinski definition) is 0. The van der Waals surface area contributed by atoms with Gasteiger partial charge in [0, 0.05) is 0 Å². The Bertz CT molecular complexity index is 68.3. The van der Waals surface area contributed by atoms with Crippen molar-refractivity contribution in [1.29, 1.82) is 0 Å². The van der Waals surface area contributed by atoms with E-state index in [4.69, 9.17) is 0 Å². The number of rotatable bonds is 0. The maximum atomic E-state index is 10.1. The molecule has 0 bridgehead atoms. The fraction of sp³-hybridized carbons (Fsp3) is 1.00. The first-order chi connectivity index (χ1) is 4.00. The molecular formula is C8H20AlLiO2. The van der Waals surface area contributed by atoms with Crippen molar-refractivity contribution in [3.63, 3.8) is 0 Å². The molecule has 68 valence electrons. The average Bonchev–Trinajstić information content (AvgIpc) is 1.12. The van der Waals surface area contributed by atoms with Gasteiger partial charge in [-0.2, -0.15) is 0 Å². The molecule has 0 aliphatic heterocycles. The van der Waals surface area contributed by atoms with Crippen molar-refractivity contribution < 1.29 is 31.9 Å². The normalized spacial score (nSPS) is 10.0.